The average Bonchev–Trinajstić information content (AvgIpc) is 3.09. The normalized spacial score (nSPS) is 27.7. The second kappa shape index (κ2) is 5.17. The van der Waals surface area contributed by atoms with E-state index in [1.165, 1.54) is 23.2 Å². The fourth-order valence-corrected chi connectivity index (χ4v) is 4.05. The topological polar surface area (TPSA) is 39.7 Å². The Morgan fingerprint density at radius 2 is 1.91 bits per heavy atom. The van der Waals surface area contributed by atoms with Gasteiger partial charge in [0.1, 0.15) is 0 Å². The first-order valence-electron chi connectivity index (χ1n) is 8.27. The molecule has 3 heterocycles. The Bertz CT molecular complexity index is 745. The van der Waals surface area contributed by atoms with Gasteiger partial charge in [-0.2, -0.15) is 0 Å². The number of rotatable bonds is 1. The molecule has 0 amide bonds. The molecule has 118 valence electrons. The largest absolute Gasteiger partial charge is 0.454 e. The first-order valence-corrected chi connectivity index (χ1v) is 8.27. The maximum Gasteiger partial charge on any atom is 0.231 e. The highest BCUT2D eigenvalue weighted by molar-refractivity contribution is 5.58. The van der Waals surface area contributed by atoms with Crippen LogP contribution in [0, 0.1) is 5.92 Å². The van der Waals surface area contributed by atoms with Gasteiger partial charge in [0.15, 0.2) is 11.5 Å². The predicted octanol–water partition coefficient (Wildman–Crippen LogP) is 4.05. The summed E-state index contributed by atoms with van der Waals surface area (Å²) in [5, 5.41) is 3.73. The monoisotopic (exact) mass is 309 g/mol. The summed E-state index contributed by atoms with van der Waals surface area (Å²) in [7, 11) is 0. The molecule has 4 nitrogen and oxygen atoms in total. The van der Waals surface area contributed by atoms with E-state index in [0.717, 1.165) is 24.5 Å². The van der Waals surface area contributed by atoms with Crippen molar-refractivity contribution in [3.05, 3.63) is 53.6 Å². The highest BCUT2D eigenvalue weighted by atomic mass is 16.7. The molecule has 3 aliphatic rings. The van der Waals surface area contributed by atoms with Gasteiger partial charge in [0.2, 0.25) is 6.79 Å². The number of benzene rings is 2. The Kier molecular flexibility index (Phi) is 2.98. The van der Waals surface area contributed by atoms with Crippen molar-refractivity contribution in [2.45, 2.75) is 25.0 Å². The van der Waals surface area contributed by atoms with Crippen molar-refractivity contribution in [3.63, 3.8) is 0 Å². The first kappa shape index (κ1) is 13.3. The van der Waals surface area contributed by atoms with Gasteiger partial charge in [0.05, 0.1) is 12.1 Å². The van der Waals surface area contributed by atoms with Crippen LogP contribution < -0.4 is 14.8 Å². The number of anilines is 1. The highest BCUT2D eigenvalue weighted by Crippen LogP contribution is 2.49. The van der Waals surface area contributed by atoms with Gasteiger partial charge in [-0.3, -0.25) is 0 Å². The molecule has 1 saturated heterocycles. The first-order chi connectivity index (χ1) is 11.4. The van der Waals surface area contributed by atoms with Crippen LogP contribution in [0.25, 0.3) is 0 Å². The lowest BCUT2D eigenvalue weighted by Gasteiger charge is -2.43. The lowest BCUT2D eigenvalue weighted by Crippen LogP contribution is -2.35. The Labute approximate surface area is 135 Å². The zero-order valence-corrected chi connectivity index (χ0v) is 12.8. The summed E-state index contributed by atoms with van der Waals surface area (Å²) in [6.45, 7) is 1.16. The number of hydrogen-bond acceptors (Lipinski definition) is 4. The molecule has 0 radical (unpaired) electrons. The van der Waals surface area contributed by atoms with Gasteiger partial charge in [-0.1, -0.05) is 24.3 Å². The van der Waals surface area contributed by atoms with E-state index in [1.807, 2.05) is 6.07 Å². The van der Waals surface area contributed by atoms with Gasteiger partial charge < -0.3 is 19.5 Å². The smallest absolute Gasteiger partial charge is 0.231 e. The van der Waals surface area contributed by atoms with Crippen LogP contribution in [-0.2, 0) is 4.74 Å². The minimum absolute atomic E-state index is 0.177. The zero-order valence-electron chi connectivity index (χ0n) is 12.8. The summed E-state index contributed by atoms with van der Waals surface area (Å²) in [6.07, 6.45) is 2.47. The van der Waals surface area contributed by atoms with E-state index in [0.29, 0.717) is 12.7 Å². The Balaban J connectivity index is 1.57. The van der Waals surface area contributed by atoms with Gasteiger partial charge >= 0.3 is 0 Å². The van der Waals surface area contributed by atoms with Crippen LogP contribution in [0.1, 0.15) is 36.1 Å². The average molecular weight is 309 g/mol. The molecule has 0 bridgehead atoms. The molecule has 1 fully saturated rings. The third-order valence-corrected chi connectivity index (χ3v) is 5.13. The number of ether oxygens (including phenoxy) is 3. The van der Waals surface area contributed by atoms with Crippen LogP contribution >= 0.6 is 0 Å². The molecule has 0 aromatic heterocycles. The molecule has 23 heavy (non-hydrogen) atoms. The molecule has 0 aliphatic carbocycles. The zero-order chi connectivity index (χ0) is 15.2. The van der Waals surface area contributed by atoms with Crippen LogP contribution in [-0.4, -0.2) is 13.4 Å². The molecule has 0 saturated carbocycles. The molecule has 5 rings (SSSR count). The molecule has 0 spiro atoms. The number of para-hydroxylation sites is 1. The van der Waals surface area contributed by atoms with E-state index in [2.05, 4.69) is 41.7 Å². The Morgan fingerprint density at radius 3 is 2.91 bits per heavy atom. The Hall–Kier alpha value is -2.20. The molecule has 0 unspecified atom stereocenters. The standard InChI is InChI=1S/C19H19NO3/c1-2-6-15-13(4-1)19-14(5-3-9-21-19)18(20-15)12-7-8-16-17(10-12)23-11-22-16/h1-2,4,6-8,10,14,18-20H,3,5,9,11H2/t14-,18+,19+/m0/s1. The number of fused-ring (bicyclic) bond motifs is 4. The minimum Gasteiger partial charge on any atom is -0.454 e. The molecular formula is C19H19NO3. The van der Waals surface area contributed by atoms with Gasteiger partial charge in [-0.15, -0.1) is 0 Å². The van der Waals surface area contributed by atoms with E-state index < -0.39 is 0 Å². The second-order valence-corrected chi connectivity index (χ2v) is 6.42. The summed E-state index contributed by atoms with van der Waals surface area (Å²) in [5.41, 5.74) is 3.71. The second-order valence-electron chi connectivity index (χ2n) is 6.42. The van der Waals surface area contributed by atoms with Crippen molar-refractivity contribution >= 4 is 5.69 Å². The lowest BCUT2D eigenvalue weighted by molar-refractivity contribution is -0.0381. The SMILES string of the molecule is c1ccc2c(c1)N[C@H](c1ccc3c(c1)OCO3)[C@@H]1CCCO[C@H]21. The maximum atomic E-state index is 6.16. The third kappa shape index (κ3) is 2.09. The number of hydrogen-bond donors (Lipinski definition) is 1. The van der Waals surface area contributed by atoms with Crippen LogP contribution in [0.3, 0.4) is 0 Å². The van der Waals surface area contributed by atoms with Gasteiger partial charge in [0, 0.05) is 23.8 Å². The van der Waals surface area contributed by atoms with Gasteiger partial charge in [-0.25, -0.2) is 0 Å². The summed E-state index contributed by atoms with van der Waals surface area (Å²) in [4.78, 5) is 0. The van der Waals surface area contributed by atoms with Crippen molar-refractivity contribution < 1.29 is 14.2 Å². The van der Waals surface area contributed by atoms with Gasteiger partial charge in [-0.05, 0) is 36.6 Å². The summed E-state index contributed by atoms with van der Waals surface area (Å²) >= 11 is 0. The molecule has 2 aromatic carbocycles. The quantitative estimate of drug-likeness (QED) is 0.862. The van der Waals surface area contributed by atoms with E-state index in [1.54, 1.807) is 0 Å². The van der Waals surface area contributed by atoms with Crippen molar-refractivity contribution in [2.75, 3.05) is 18.7 Å². The summed E-state index contributed by atoms with van der Waals surface area (Å²) < 4.78 is 17.1. The highest BCUT2D eigenvalue weighted by Gasteiger charge is 2.39. The van der Waals surface area contributed by atoms with E-state index >= 15 is 0 Å². The van der Waals surface area contributed by atoms with E-state index in [9.17, 15) is 0 Å². The van der Waals surface area contributed by atoms with Crippen LogP contribution in [0.15, 0.2) is 42.5 Å². The lowest BCUT2D eigenvalue weighted by atomic mass is 9.77. The molecule has 4 heteroatoms. The fraction of sp³-hybridized carbons (Fsp3) is 0.368. The van der Waals surface area contributed by atoms with Gasteiger partial charge in [0.25, 0.3) is 0 Å². The van der Waals surface area contributed by atoms with E-state index in [-0.39, 0.29) is 12.1 Å². The van der Waals surface area contributed by atoms with E-state index in [4.69, 9.17) is 14.2 Å². The van der Waals surface area contributed by atoms with Crippen molar-refractivity contribution in [2.24, 2.45) is 5.92 Å². The molecular weight excluding hydrogens is 290 g/mol. The molecule has 2 aromatic rings. The van der Waals surface area contributed by atoms with Crippen LogP contribution in [0.5, 0.6) is 11.5 Å². The van der Waals surface area contributed by atoms with Crippen molar-refractivity contribution in [3.8, 4) is 11.5 Å². The summed E-state index contributed by atoms with van der Waals surface area (Å²) in [5.74, 6) is 2.12. The molecule has 3 aliphatic heterocycles. The van der Waals surface area contributed by atoms with Crippen LogP contribution in [0.4, 0.5) is 5.69 Å². The minimum atomic E-state index is 0.177. The third-order valence-electron chi connectivity index (χ3n) is 5.13. The molecule has 1 N–H and O–H groups in total. The van der Waals surface area contributed by atoms with Crippen molar-refractivity contribution in [1.82, 2.24) is 0 Å². The maximum absolute atomic E-state index is 6.16. The Morgan fingerprint density at radius 1 is 1.00 bits per heavy atom. The predicted molar refractivity (Wildman–Crippen MR) is 86.8 cm³/mol. The summed E-state index contributed by atoms with van der Waals surface area (Å²) in [6, 6.07) is 15.0. The van der Waals surface area contributed by atoms with Crippen LogP contribution in [0.2, 0.25) is 0 Å². The fourth-order valence-electron chi connectivity index (χ4n) is 4.05. The van der Waals surface area contributed by atoms with Crippen molar-refractivity contribution in [1.29, 1.82) is 0 Å². The number of nitrogens with one attached hydrogen (secondary N) is 1. The molecule has 3 atom stereocenters.